The average Bonchev–Trinajstić information content (AvgIpc) is 2.32. The Balaban J connectivity index is 1.92. The molecular formula is C14H15N3. The van der Waals surface area contributed by atoms with Crippen molar-refractivity contribution in [2.24, 2.45) is 5.92 Å². The van der Waals surface area contributed by atoms with E-state index < -0.39 is 0 Å². The monoisotopic (exact) mass is 225 g/mol. The first-order valence-electron chi connectivity index (χ1n) is 6.07. The molecule has 1 fully saturated rings. The highest BCUT2D eigenvalue weighted by Gasteiger charge is 2.33. The molecule has 2 atom stereocenters. The Morgan fingerprint density at radius 1 is 1.53 bits per heavy atom. The fourth-order valence-electron chi connectivity index (χ4n) is 2.61. The summed E-state index contributed by atoms with van der Waals surface area (Å²) in [7, 11) is 0. The van der Waals surface area contributed by atoms with Crippen molar-refractivity contribution in [2.75, 3.05) is 6.54 Å². The molecule has 0 amide bonds. The van der Waals surface area contributed by atoms with Crippen LogP contribution in [0.3, 0.4) is 0 Å². The lowest BCUT2D eigenvalue weighted by molar-refractivity contribution is 0.231. The van der Waals surface area contributed by atoms with E-state index in [-0.39, 0.29) is 0 Å². The van der Waals surface area contributed by atoms with Crippen molar-refractivity contribution >= 4 is 5.57 Å². The summed E-state index contributed by atoms with van der Waals surface area (Å²) < 4.78 is 0. The Kier molecular flexibility index (Phi) is 2.45. The summed E-state index contributed by atoms with van der Waals surface area (Å²) >= 11 is 0. The number of hydrogen-bond donors (Lipinski definition) is 1. The van der Waals surface area contributed by atoms with Crippen molar-refractivity contribution in [2.45, 2.75) is 25.8 Å². The first kappa shape index (κ1) is 10.5. The van der Waals surface area contributed by atoms with Gasteiger partial charge < -0.3 is 5.32 Å². The van der Waals surface area contributed by atoms with Crippen LogP contribution in [0.2, 0.25) is 0 Å². The second kappa shape index (κ2) is 3.97. The van der Waals surface area contributed by atoms with Crippen LogP contribution in [0.25, 0.3) is 5.57 Å². The van der Waals surface area contributed by atoms with Gasteiger partial charge >= 0.3 is 0 Å². The van der Waals surface area contributed by atoms with Crippen molar-refractivity contribution in [1.29, 1.82) is 5.26 Å². The van der Waals surface area contributed by atoms with Crippen molar-refractivity contribution in [3.8, 4) is 6.07 Å². The molecule has 0 aromatic carbocycles. The first-order valence-corrected chi connectivity index (χ1v) is 6.07. The van der Waals surface area contributed by atoms with E-state index in [1.807, 2.05) is 19.2 Å². The Morgan fingerprint density at radius 2 is 2.41 bits per heavy atom. The molecule has 1 aromatic heterocycles. The molecule has 0 radical (unpaired) electrons. The molecule has 1 N–H and O–H groups in total. The molecule has 1 saturated heterocycles. The lowest BCUT2D eigenvalue weighted by Gasteiger charge is -2.41. The maximum absolute atomic E-state index is 9.02. The molecule has 17 heavy (non-hydrogen) atoms. The van der Waals surface area contributed by atoms with Gasteiger partial charge in [-0.05, 0) is 42.9 Å². The third-order valence-electron chi connectivity index (χ3n) is 3.90. The fraction of sp³-hybridized carbons (Fsp3) is 0.429. The number of rotatable bonds is 1. The number of nitriles is 1. The number of hydrogen-bond acceptors (Lipinski definition) is 3. The molecule has 0 bridgehead atoms. The lowest BCUT2D eigenvalue weighted by Crippen LogP contribution is -2.53. The largest absolute Gasteiger partial charge is 0.313 e. The molecule has 3 heteroatoms. The summed E-state index contributed by atoms with van der Waals surface area (Å²) in [5, 5.41) is 12.5. The third kappa shape index (κ3) is 1.75. The second-order valence-corrected chi connectivity index (χ2v) is 4.91. The highest BCUT2D eigenvalue weighted by molar-refractivity contribution is 5.68. The quantitative estimate of drug-likeness (QED) is 0.795. The van der Waals surface area contributed by atoms with Gasteiger partial charge in [-0.1, -0.05) is 6.08 Å². The zero-order valence-corrected chi connectivity index (χ0v) is 9.90. The molecule has 0 spiro atoms. The molecule has 2 heterocycles. The number of nitrogens with zero attached hydrogens (tertiary/aromatic N) is 2. The first-order chi connectivity index (χ1) is 8.28. The maximum atomic E-state index is 9.02. The predicted octanol–water partition coefficient (Wildman–Crippen LogP) is 2.03. The Bertz CT molecular complexity index is 525. The van der Waals surface area contributed by atoms with Crippen molar-refractivity contribution in [3.05, 3.63) is 35.2 Å². The predicted molar refractivity (Wildman–Crippen MR) is 66.2 cm³/mol. The molecular weight excluding hydrogens is 210 g/mol. The maximum Gasteiger partial charge on any atom is 0.101 e. The molecule has 3 rings (SSSR count). The fourth-order valence-corrected chi connectivity index (χ4v) is 2.61. The van der Waals surface area contributed by atoms with Gasteiger partial charge in [0.05, 0.1) is 11.3 Å². The van der Waals surface area contributed by atoms with Gasteiger partial charge in [0.2, 0.25) is 0 Å². The van der Waals surface area contributed by atoms with E-state index in [0.29, 0.717) is 11.6 Å². The van der Waals surface area contributed by atoms with Crippen LogP contribution in [0.4, 0.5) is 0 Å². The molecule has 2 aliphatic rings. The Morgan fingerprint density at radius 3 is 3.06 bits per heavy atom. The van der Waals surface area contributed by atoms with Crippen LogP contribution in [-0.2, 0) is 0 Å². The van der Waals surface area contributed by atoms with Crippen LogP contribution in [-0.4, -0.2) is 17.6 Å². The second-order valence-electron chi connectivity index (χ2n) is 4.91. The lowest BCUT2D eigenvalue weighted by atomic mass is 9.78. The van der Waals surface area contributed by atoms with Crippen molar-refractivity contribution < 1.29 is 0 Å². The summed E-state index contributed by atoms with van der Waals surface area (Å²) in [6, 6.07) is 4.81. The van der Waals surface area contributed by atoms with Crippen LogP contribution >= 0.6 is 0 Å². The smallest absolute Gasteiger partial charge is 0.101 e. The van der Waals surface area contributed by atoms with Gasteiger partial charge in [0.15, 0.2) is 0 Å². The number of fused-ring (bicyclic) bond motifs is 1. The normalized spacial score (nSPS) is 26.5. The van der Waals surface area contributed by atoms with Crippen molar-refractivity contribution in [3.63, 3.8) is 0 Å². The molecule has 1 aliphatic carbocycles. The van der Waals surface area contributed by atoms with E-state index in [0.717, 1.165) is 36.6 Å². The Hall–Kier alpha value is -1.66. The van der Waals surface area contributed by atoms with Gasteiger partial charge in [-0.15, -0.1) is 0 Å². The minimum absolute atomic E-state index is 0.641. The van der Waals surface area contributed by atoms with Crippen LogP contribution in [0.15, 0.2) is 18.3 Å². The van der Waals surface area contributed by atoms with Crippen LogP contribution < -0.4 is 5.32 Å². The van der Waals surface area contributed by atoms with E-state index in [4.69, 9.17) is 5.26 Å². The van der Waals surface area contributed by atoms with Crippen LogP contribution in [0, 0.1) is 24.2 Å². The molecule has 86 valence electrons. The summed E-state index contributed by atoms with van der Waals surface area (Å²) in [4.78, 5) is 4.30. The standard InChI is InChI=1S/C14H15N3/c1-9-12(6-15)4-13(8-16-9)10-2-3-11-7-17-14(11)5-10/h2,4,8,11,14,17H,3,5,7H2,1H3/t11-,14-/m1/s1. The highest BCUT2D eigenvalue weighted by atomic mass is 15.0. The van der Waals surface area contributed by atoms with Crippen LogP contribution in [0.5, 0.6) is 0 Å². The number of pyridine rings is 1. The van der Waals surface area contributed by atoms with Gasteiger partial charge in [-0.3, -0.25) is 4.98 Å². The number of aryl methyl sites for hydroxylation is 1. The Labute approximate surface area is 101 Å². The van der Waals surface area contributed by atoms with Gasteiger partial charge in [-0.2, -0.15) is 5.26 Å². The van der Waals surface area contributed by atoms with Gasteiger partial charge in [0.25, 0.3) is 0 Å². The van der Waals surface area contributed by atoms with Crippen LogP contribution in [0.1, 0.15) is 29.7 Å². The SMILES string of the molecule is Cc1ncc(C2=CC[C@@H]3CN[C@@H]3C2)cc1C#N. The topological polar surface area (TPSA) is 48.7 Å². The third-order valence-corrected chi connectivity index (χ3v) is 3.90. The summed E-state index contributed by atoms with van der Waals surface area (Å²) in [5.74, 6) is 0.826. The zero-order valence-electron chi connectivity index (χ0n) is 9.90. The van der Waals surface area contributed by atoms with E-state index in [1.54, 1.807) is 0 Å². The van der Waals surface area contributed by atoms with E-state index in [1.165, 1.54) is 5.57 Å². The zero-order chi connectivity index (χ0) is 11.8. The molecule has 0 saturated carbocycles. The molecule has 1 aliphatic heterocycles. The number of allylic oxidation sites excluding steroid dienone is 1. The minimum atomic E-state index is 0.641. The van der Waals surface area contributed by atoms with E-state index >= 15 is 0 Å². The minimum Gasteiger partial charge on any atom is -0.313 e. The molecule has 3 nitrogen and oxygen atoms in total. The molecule has 0 unspecified atom stereocenters. The average molecular weight is 225 g/mol. The van der Waals surface area contributed by atoms with Crippen molar-refractivity contribution in [1.82, 2.24) is 10.3 Å². The van der Waals surface area contributed by atoms with E-state index in [9.17, 15) is 0 Å². The summed E-state index contributed by atoms with van der Waals surface area (Å²) in [6.07, 6.45) is 6.43. The van der Waals surface area contributed by atoms with Gasteiger partial charge in [-0.25, -0.2) is 0 Å². The van der Waals surface area contributed by atoms with E-state index in [2.05, 4.69) is 22.4 Å². The number of aromatic nitrogens is 1. The highest BCUT2D eigenvalue weighted by Crippen LogP contribution is 2.34. The summed E-state index contributed by atoms with van der Waals surface area (Å²) in [6.45, 7) is 3.03. The van der Waals surface area contributed by atoms with Gasteiger partial charge in [0, 0.05) is 18.8 Å². The summed E-state index contributed by atoms with van der Waals surface area (Å²) in [5.41, 5.74) is 3.95. The molecule has 1 aromatic rings. The number of nitrogens with one attached hydrogen (secondary N) is 1. The van der Waals surface area contributed by atoms with Gasteiger partial charge in [0.1, 0.15) is 6.07 Å².